The minimum atomic E-state index is -0.484. The monoisotopic (exact) mass is 302 g/mol. The number of carbonyl (C=O) groups is 1. The topological polar surface area (TPSA) is 54.0 Å². The van der Waals surface area contributed by atoms with Crippen LogP contribution in [0.5, 0.6) is 23.0 Å². The molecular formula is C17H18O5. The summed E-state index contributed by atoms with van der Waals surface area (Å²) in [6.45, 7) is 1.86. The molecule has 0 aliphatic heterocycles. The molecule has 0 unspecified atom stereocenters. The Morgan fingerprint density at radius 2 is 1.32 bits per heavy atom. The van der Waals surface area contributed by atoms with Gasteiger partial charge in [-0.05, 0) is 43.3 Å². The van der Waals surface area contributed by atoms with Crippen LogP contribution in [0.2, 0.25) is 0 Å². The Bertz CT molecular complexity index is 636. The van der Waals surface area contributed by atoms with Gasteiger partial charge in [0.1, 0.15) is 23.0 Å². The van der Waals surface area contributed by atoms with E-state index in [-0.39, 0.29) is 0 Å². The molecule has 5 heteroatoms. The van der Waals surface area contributed by atoms with Crippen LogP contribution >= 0.6 is 0 Å². The summed E-state index contributed by atoms with van der Waals surface area (Å²) >= 11 is 0. The molecule has 0 aliphatic rings. The number of hydrogen-bond donors (Lipinski definition) is 0. The first-order valence-corrected chi connectivity index (χ1v) is 6.68. The highest BCUT2D eigenvalue weighted by atomic mass is 16.5. The number of esters is 1. The lowest BCUT2D eigenvalue weighted by molar-refractivity contribution is 0.0734. The Hall–Kier alpha value is -2.69. The number of benzene rings is 2. The van der Waals surface area contributed by atoms with Crippen molar-refractivity contribution in [2.24, 2.45) is 0 Å². The fraction of sp³-hybridized carbons (Fsp3) is 0.235. The lowest BCUT2D eigenvalue weighted by Gasteiger charge is -2.12. The van der Waals surface area contributed by atoms with Crippen molar-refractivity contribution in [2.45, 2.75) is 6.92 Å². The van der Waals surface area contributed by atoms with Crippen LogP contribution in [0.15, 0.2) is 36.4 Å². The lowest BCUT2D eigenvalue weighted by atomic mass is 10.1. The van der Waals surface area contributed by atoms with E-state index in [1.54, 1.807) is 57.7 Å². The standard InChI is InChI=1S/C17H18O5/c1-11-15(20-3)9-12(10-16(11)21-4)17(18)22-14-7-5-13(19-2)6-8-14/h5-10H,1-4H3. The summed E-state index contributed by atoms with van der Waals surface area (Å²) in [7, 11) is 4.66. The number of hydrogen-bond acceptors (Lipinski definition) is 5. The third-order valence-corrected chi connectivity index (χ3v) is 3.26. The highest BCUT2D eigenvalue weighted by Gasteiger charge is 2.15. The second-order valence-corrected chi connectivity index (χ2v) is 4.57. The van der Waals surface area contributed by atoms with E-state index in [2.05, 4.69) is 0 Å². The first-order chi connectivity index (χ1) is 10.6. The van der Waals surface area contributed by atoms with Gasteiger partial charge in [0.05, 0.1) is 26.9 Å². The van der Waals surface area contributed by atoms with Crippen molar-refractivity contribution in [3.8, 4) is 23.0 Å². The molecule has 116 valence electrons. The molecule has 2 aromatic rings. The summed E-state index contributed by atoms with van der Waals surface area (Å²) in [5.41, 5.74) is 1.18. The molecule has 0 radical (unpaired) electrons. The maximum atomic E-state index is 12.3. The Morgan fingerprint density at radius 3 is 1.77 bits per heavy atom. The van der Waals surface area contributed by atoms with Crippen LogP contribution in [0, 0.1) is 6.92 Å². The Balaban J connectivity index is 2.24. The zero-order chi connectivity index (χ0) is 16.1. The summed E-state index contributed by atoms with van der Waals surface area (Å²) in [5, 5.41) is 0. The van der Waals surface area contributed by atoms with E-state index in [0.717, 1.165) is 5.56 Å². The van der Waals surface area contributed by atoms with Crippen molar-refractivity contribution < 1.29 is 23.7 Å². The number of methoxy groups -OCH3 is 3. The van der Waals surface area contributed by atoms with Crippen LogP contribution in [-0.2, 0) is 0 Å². The molecular weight excluding hydrogens is 284 g/mol. The summed E-state index contributed by atoms with van der Waals surface area (Å²) in [5.74, 6) is 1.78. The van der Waals surface area contributed by atoms with Crippen molar-refractivity contribution in [2.75, 3.05) is 21.3 Å². The minimum absolute atomic E-state index is 0.357. The highest BCUT2D eigenvalue weighted by molar-refractivity contribution is 5.92. The van der Waals surface area contributed by atoms with Gasteiger partial charge in [0.2, 0.25) is 0 Å². The number of ether oxygens (including phenoxy) is 4. The summed E-state index contributed by atoms with van der Waals surface area (Å²) < 4.78 is 20.9. The molecule has 0 spiro atoms. The van der Waals surface area contributed by atoms with Gasteiger partial charge in [0, 0.05) is 5.56 Å². The van der Waals surface area contributed by atoms with Crippen LogP contribution in [-0.4, -0.2) is 27.3 Å². The van der Waals surface area contributed by atoms with Crippen LogP contribution in [0.3, 0.4) is 0 Å². The van der Waals surface area contributed by atoms with E-state index in [1.807, 2.05) is 6.92 Å². The SMILES string of the molecule is COc1ccc(OC(=O)c2cc(OC)c(C)c(OC)c2)cc1. The van der Waals surface area contributed by atoms with E-state index in [9.17, 15) is 4.79 Å². The highest BCUT2D eigenvalue weighted by Crippen LogP contribution is 2.30. The van der Waals surface area contributed by atoms with Gasteiger partial charge < -0.3 is 18.9 Å². The van der Waals surface area contributed by atoms with Gasteiger partial charge in [0.15, 0.2) is 0 Å². The lowest BCUT2D eigenvalue weighted by Crippen LogP contribution is -2.09. The second-order valence-electron chi connectivity index (χ2n) is 4.57. The molecule has 0 amide bonds. The predicted octanol–water partition coefficient (Wildman–Crippen LogP) is 3.24. The quantitative estimate of drug-likeness (QED) is 0.627. The molecule has 0 aromatic heterocycles. The average Bonchev–Trinajstić information content (AvgIpc) is 2.55. The van der Waals surface area contributed by atoms with Crippen LogP contribution in [0.1, 0.15) is 15.9 Å². The zero-order valence-corrected chi connectivity index (χ0v) is 13.0. The fourth-order valence-electron chi connectivity index (χ4n) is 2.01. The van der Waals surface area contributed by atoms with Crippen molar-refractivity contribution in [1.82, 2.24) is 0 Å². The fourth-order valence-corrected chi connectivity index (χ4v) is 2.01. The van der Waals surface area contributed by atoms with E-state index >= 15 is 0 Å². The molecule has 5 nitrogen and oxygen atoms in total. The van der Waals surface area contributed by atoms with E-state index in [4.69, 9.17) is 18.9 Å². The normalized spacial score (nSPS) is 10.0. The minimum Gasteiger partial charge on any atom is -0.497 e. The molecule has 0 heterocycles. The van der Waals surface area contributed by atoms with Crippen molar-refractivity contribution in [3.63, 3.8) is 0 Å². The molecule has 0 bridgehead atoms. The Morgan fingerprint density at radius 1 is 0.818 bits per heavy atom. The van der Waals surface area contributed by atoms with Gasteiger partial charge in [0.25, 0.3) is 0 Å². The van der Waals surface area contributed by atoms with Crippen LogP contribution < -0.4 is 18.9 Å². The van der Waals surface area contributed by atoms with Gasteiger partial charge in [-0.2, -0.15) is 0 Å². The summed E-state index contributed by atoms with van der Waals surface area (Å²) in [6, 6.07) is 10.0. The maximum Gasteiger partial charge on any atom is 0.343 e. The third kappa shape index (κ3) is 3.31. The molecule has 0 aliphatic carbocycles. The summed E-state index contributed by atoms with van der Waals surface area (Å²) in [6.07, 6.45) is 0. The average molecular weight is 302 g/mol. The first kappa shape index (κ1) is 15.7. The molecule has 0 atom stereocenters. The van der Waals surface area contributed by atoms with Crippen molar-refractivity contribution >= 4 is 5.97 Å². The largest absolute Gasteiger partial charge is 0.497 e. The molecule has 22 heavy (non-hydrogen) atoms. The van der Waals surface area contributed by atoms with Crippen molar-refractivity contribution in [3.05, 3.63) is 47.5 Å². The summed E-state index contributed by atoms with van der Waals surface area (Å²) in [4.78, 5) is 12.3. The van der Waals surface area contributed by atoms with E-state index < -0.39 is 5.97 Å². The van der Waals surface area contributed by atoms with Crippen LogP contribution in [0.4, 0.5) is 0 Å². The smallest absolute Gasteiger partial charge is 0.343 e. The Kier molecular flexibility index (Phi) is 4.88. The van der Waals surface area contributed by atoms with E-state index in [1.165, 1.54) is 0 Å². The molecule has 0 N–H and O–H groups in total. The predicted molar refractivity (Wildman–Crippen MR) is 82.2 cm³/mol. The maximum absolute atomic E-state index is 12.3. The van der Waals surface area contributed by atoms with Gasteiger partial charge in [-0.15, -0.1) is 0 Å². The van der Waals surface area contributed by atoms with E-state index in [0.29, 0.717) is 28.6 Å². The number of carbonyl (C=O) groups excluding carboxylic acids is 1. The molecule has 0 saturated carbocycles. The second kappa shape index (κ2) is 6.85. The van der Waals surface area contributed by atoms with Gasteiger partial charge in [-0.3, -0.25) is 0 Å². The van der Waals surface area contributed by atoms with Crippen molar-refractivity contribution in [1.29, 1.82) is 0 Å². The number of rotatable bonds is 5. The van der Waals surface area contributed by atoms with Gasteiger partial charge in [-0.25, -0.2) is 4.79 Å². The zero-order valence-electron chi connectivity index (χ0n) is 13.0. The Labute approximate surface area is 129 Å². The molecule has 0 saturated heterocycles. The van der Waals surface area contributed by atoms with Crippen LogP contribution in [0.25, 0.3) is 0 Å². The first-order valence-electron chi connectivity index (χ1n) is 6.68. The van der Waals surface area contributed by atoms with Gasteiger partial charge in [-0.1, -0.05) is 0 Å². The molecule has 2 aromatic carbocycles. The molecule has 0 fully saturated rings. The molecule has 2 rings (SSSR count). The third-order valence-electron chi connectivity index (χ3n) is 3.26. The van der Waals surface area contributed by atoms with Gasteiger partial charge >= 0.3 is 5.97 Å².